The van der Waals surface area contributed by atoms with Gasteiger partial charge in [0.2, 0.25) is 6.54 Å². The van der Waals surface area contributed by atoms with Crippen molar-refractivity contribution in [3.05, 3.63) is 106 Å². The van der Waals surface area contributed by atoms with Crippen LogP contribution in [-0.4, -0.2) is 32.8 Å². The summed E-state index contributed by atoms with van der Waals surface area (Å²) in [5.74, 6) is 1.35. The fourth-order valence-corrected chi connectivity index (χ4v) is 4.79. The number of aromatic nitrogens is 3. The number of aryl methyl sites for hydroxylation is 1. The van der Waals surface area contributed by atoms with Crippen molar-refractivity contribution in [3.8, 4) is 17.2 Å². The second-order valence-corrected chi connectivity index (χ2v) is 9.05. The van der Waals surface area contributed by atoms with Crippen molar-refractivity contribution in [2.75, 3.05) is 13.2 Å². The van der Waals surface area contributed by atoms with Gasteiger partial charge in [0.05, 0.1) is 6.61 Å². The SMILES string of the molecule is CCOc1cc([C@@H](C[N+](=O)[O-])Sc2nnc(C)n2-c2ccccc2)ccc1OCc1ccc(F)cc1. The zero-order chi connectivity index (χ0) is 25.5. The number of benzene rings is 3. The maximum absolute atomic E-state index is 13.2. The van der Waals surface area contributed by atoms with E-state index in [-0.39, 0.29) is 23.9 Å². The van der Waals surface area contributed by atoms with Crippen LogP contribution in [0.3, 0.4) is 0 Å². The first-order valence-electron chi connectivity index (χ1n) is 11.3. The third-order valence-corrected chi connectivity index (χ3v) is 6.50. The highest BCUT2D eigenvalue weighted by molar-refractivity contribution is 7.99. The Morgan fingerprint density at radius 3 is 2.47 bits per heavy atom. The van der Waals surface area contributed by atoms with Gasteiger partial charge in [-0.1, -0.05) is 48.2 Å². The quantitative estimate of drug-likeness (QED) is 0.144. The minimum absolute atomic E-state index is 0.228. The van der Waals surface area contributed by atoms with Crippen LogP contribution in [0.5, 0.6) is 11.5 Å². The van der Waals surface area contributed by atoms with E-state index in [1.54, 1.807) is 30.3 Å². The molecule has 186 valence electrons. The number of rotatable bonds is 11. The average Bonchev–Trinajstić information content (AvgIpc) is 3.24. The monoisotopic (exact) mass is 508 g/mol. The van der Waals surface area contributed by atoms with Gasteiger partial charge in [0.1, 0.15) is 23.5 Å². The van der Waals surface area contributed by atoms with Gasteiger partial charge in [-0.15, -0.1) is 10.2 Å². The molecule has 0 fully saturated rings. The van der Waals surface area contributed by atoms with Crippen LogP contribution >= 0.6 is 11.8 Å². The summed E-state index contributed by atoms with van der Waals surface area (Å²) in [6.07, 6.45) is 0. The van der Waals surface area contributed by atoms with Crippen molar-refractivity contribution in [2.45, 2.75) is 30.9 Å². The van der Waals surface area contributed by atoms with Crippen molar-refractivity contribution in [2.24, 2.45) is 0 Å². The first kappa shape index (κ1) is 25.2. The molecule has 1 atom stereocenters. The van der Waals surface area contributed by atoms with E-state index in [4.69, 9.17) is 9.47 Å². The standard InChI is InChI=1S/C26H25FN4O4S/c1-3-34-24-15-20(11-14-23(24)35-17-19-9-12-21(27)13-10-19)25(16-30(32)33)36-26-29-28-18(2)31(26)22-7-5-4-6-8-22/h4-15,25H,3,16-17H2,1-2H3/t25-/m1/s1. The summed E-state index contributed by atoms with van der Waals surface area (Å²) >= 11 is 1.27. The van der Waals surface area contributed by atoms with Crippen molar-refractivity contribution < 1.29 is 18.8 Å². The molecule has 4 aromatic rings. The molecule has 4 rings (SSSR count). The summed E-state index contributed by atoms with van der Waals surface area (Å²) in [6, 6.07) is 21.0. The van der Waals surface area contributed by atoms with E-state index in [9.17, 15) is 14.5 Å². The number of nitro groups is 1. The average molecular weight is 509 g/mol. The van der Waals surface area contributed by atoms with Gasteiger partial charge in [-0.05, 0) is 61.4 Å². The summed E-state index contributed by atoms with van der Waals surface area (Å²) in [6.45, 7) is 4.00. The highest BCUT2D eigenvalue weighted by Crippen LogP contribution is 2.39. The Kier molecular flexibility index (Phi) is 8.17. The van der Waals surface area contributed by atoms with E-state index in [0.717, 1.165) is 11.3 Å². The summed E-state index contributed by atoms with van der Waals surface area (Å²) in [7, 11) is 0. The second kappa shape index (κ2) is 11.7. The first-order valence-corrected chi connectivity index (χ1v) is 12.2. The number of para-hydroxylation sites is 1. The zero-order valence-electron chi connectivity index (χ0n) is 19.8. The van der Waals surface area contributed by atoms with Gasteiger partial charge in [-0.3, -0.25) is 14.7 Å². The molecule has 0 saturated carbocycles. The number of thioether (sulfide) groups is 1. The third kappa shape index (κ3) is 6.19. The van der Waals surface area contributed by atoms with E-state index in [2.05, 4.69) is 10.2 Å². The molecule has 0 saturated heterocycles. The Balaban J connectivity index is 1.61. The second-order valence-electron chi connectivity index (χ2n) is 7.88. The van der Waals surface area contributed by atoms with E-state index in [1.165, 1.54) is 23.9 Å². The zero-order valence-corrected chi connectivity index (χ0v) is 20.7. The maximum Gasteiger partial charge on any atom is 0.220 e. The van der Waals surface area contributed by atoms with Gasteiger partial charge >= 0.3 is 0 Å². The van der Waals surface area contributed by atoms with Gasteiger partial charge in [0.25, 0.3) is 0 Å². The number of hydrogen-bond donors (Lipinski definition) is 0. The molecule has 0 spiro atoms. The van der Waals surface area contributed by atoms with E-state index >= 15 is 0 Å². The number of nitrogens with zero attached hydrogens (tertiary/aromatic N) is 4. The fourth-order valence-electron chi connectivity index (χ4n) is 3.62. The molecule has 0 aliphatic rings. The lowest BCUT2D eigenvalue weighted by molar-refractivity contribution is -0.479. The smallest absolute Gasteiger partial charge is 0.220 e. The van der Waals surface area contributed by atoms with Crippen LogP contribution in [-0.2, 0) is 6.61 Å². The van der Waals surface area contributed by atoms with Crippen LogP contribution < -0.4 is 9.47 Å². The molecule has 0 aliphatic heterocycles. The van der Waals surface area contributed by atoms with Gasteiger partial charge in [0.15, 0.2) is 16.7 Å². The molecular weight excluding hydrogens is 483 g/mol. The lowest BCUT2D eigenvalue weighted by Crippen LogP contribution is -2.11. The predicted octanol–water partition coefficient (Wildman–Crippen LogP) is 5.80. The Morgan fingerprint density at radius 2 is 1.78 bits per heavy atom. The van der Waals surface area contributed by atoms with E-state index < -0.39 is 5.25 Å². The van der Waals surface area contributed by atoms with Crippen molar-refractivity contribution in [1.29, 1.82) is 0 Å². The molecule has 0 bridgehead atoms. The van der Waals surface area contributed by atoms with Gasteiger partial charge in [0, 0.05) is 10.6 Å². The van der Waals surface area contributed by atoms with Gasteiger partial charge < -0.3 is 9.47 Å². The highest BCUT2D eigenvalue weighted by atomic mass is 32.2. The summed E-state index contributed by atoms with van der Waals surface area (Å²) in [5.41, 5.74) is 2.39. The Bertz CT molecular complexity index is 1320. The van der Waals surface area contributed by atoms with Crippen LogP contribution in [0.2, 0.25) is 0 Å². The fraction of sp³-hybridized carbons (Fsp3) is 0.231. The minimum atomic E-state index is -0.545. The number of hydrogen-bond acceptors (Lipinski definition) is 7. The molecule has 0 amide bonds. The largest absolute Gasteiger partial charge is 0.490 e. The molecule has 8 nitrogen and oxygen atoms in total. The van der Waals surface area contributed by atoms with Crippen LogP contribution in [0.15, 0.2) is 78.0 Å². The Labute approximate surface area is 212 Å². The van der Waals surface area contributed by atoms with Crippen LogP contribution in [0.25, 0.3) is 5.69 Å². The van der Waals surface area contributed by atoms with Crippen molar-refractivity contribution in [1.82, 2.24) is 14.8 Å². The first-order chi connectivity index (χ1) is 17.4. The Hall–Kier alpha value is -3.92. The third-order valence-electron chi connectivity index (χ3n) is 5.32. The molecular formula is C26H25FN4O4S. The lowest BCUT2D eigenvalue weighted by Gasteiger charge is -2.17. The number of ether oxygens (including phenoxy) is 2. The van der Waals surface area contributed by atoms with Crippen LogP contribution in [0, 0.1) is 22.9 Å². The molecule has 0 unspecified atom stereocenters. The molecule has 3 aromatic carbocycles. The van der Waals surface area contributed by atoms with Crippen LogP contribution in [0.4, 0.5) is 4.39 Å². The van der Waals surface area contributed by atoms with E-state index in [1.807, 2.05) is 48.7 Å². The van der Waals surface area contributed by atoms with Gasteiger partial charge in [-0.2, -0.15) is 0 Å². The topological polar surface area (TPSA) is 92.3 Å². The predicted molar refractivity (Wildman–Crippen MR) is 135 cm³/mol. The van der Waals surface area contributed by atoms with Gasteiger partial charge in [-0.25, -0.2) is 4.39 Å². The molecule has 1 aromatic heterocycles. The molecule has 36 heavy (non-hydrogen) atoms. The molecule has 1 heterocycles. The van der Waals surface area contributed by atoms with Crippen molar-refractivity contribution in [3.63, 3.8) is 0 Å². The summed E-state index contributed by atoms with van der Waals surface area (Å²) in [4.78, 5) is 11.2. The Morgan fingerprint density at radius 1 is 1.03 bits per heavy atom. The molecule has 0 N–H and O–H groups in total. The summed E-state index contributed by atoms with van der Waals surface area (Å²) < 4.78 is 26.8. The normalized spacial score (nSPS) is 11.8. The number of halogens is 1. The molecule has 0 radical (unpaired) electrons. The summed E-state index contributed by atoms with van der Waals surface area (Å²) in [5, 5.41) is 20.0. The molecule has 0 aliphatic carbocycles. The van der Waals surface area contributed by atoms with E-state index in [0.29, 0.717) is 34.7 Å². The van der Waals surface area contributed by atoms with Crippen LogP contribution in [0.1, 0.15) is 29.1 Å². The molecule has 10 heteroatoms. The highest BCUT2D eigenvalue weighted by Gasteiger charge is 2.25. The lowest BCUT2D eigenvalue weighted by atomic mass is 10.1. The maximum atomic E-state index is 13.2. The van der Waals surface area contributed by atoms with Crippen molar-refractivity contribution >= 4 is 11.8 Å². The minimum Gasteiger partial charge on any atom is -0.490 e.